The topological polar surface area (TPSA) is 98.1 Å². The van der Waals surface area contributed by atoms with E-state index in [0.717, 1.165) is 5.56 Å². The molecule has 30 heavy (non-hydrogen) atoms. The Morgan fingerprint density at radius 1 is 1.07 bits per heavy atom. The van der Waals surface area contributed by atoms with E-state index in [1.165, 1.54) is 0 Å². The molecule has 1 atom stereocenters. The number of urea groups is 1. The highest BCUT2D eigenvalue weighted by atomic mass is 16.2. The van der Waals surface area contributed by atoms with Gasteiger partial charge in [0.1, 0.15) is 5.82 Å². The first-order valence-corrected chi connectivity index (χ1v) is 9.52. The number of carbonyl (C=O) groups is 2. The predicted molar refractivity (Wildman–Crippen MR) is 114 cm³/mol. The SMILES string of the molecule is N#Cc1ccc(NC(=O)Nc2cc(N3CC(c4ccccc4)CC3=O)ccn2)cc1. The third-order valence-electron chi connectivity index (χ3n) is 4.96. The molecule has 1 aliphatic rings. The number of anilines is 3. The molecule has 0 bridgehead atoms. The summed E-state index contributed by atoms with van der Waals surface area (Å²) in [5, 5.41) is 14.2. The van der Waals surface area contributed by atoms with Crippen LogP contribution in [0.5, 0.6) is 0 Å². The highest BCUT2D eigenvalue weighted by molar-refractivity contribution is 6.00. The Kier molecular flexibility index (Phi) is 5.39. The summed E-state index contributed by atoms with van der Waals surface area (Å²) in [6, 6.07) is 21.5. The van der Waals surface area contributed by atoms with Crippen LogP contribution in [0.15, 0.2) is 72.9 Å². The first kappa shape index (κ1) is 19.2. The molecule has 3 amide bonds. The lowest BCUT2D eigenvalue weighted by molar-refractivity contribution is -0.117. The molecule has 2 N–H and O–H groups in total. The Bertz CT molecular complexity index is 1110. The lowest BCUT2D eigenvalue weighted by Gasteiger charge is -2.18. The van der Waals surface area contributed by atoms with Crippen LogP contribution in [0.2, 0.25) is 0 Å². The average Bonchev–Trinajstić information content (AvgIpc) is 3.17. The van der Waals surface area contributed by atoms with Crippen molar-refractivity contribution in [3.8, 4) is 6.07 Å². The van der Waals surface area contributed by atoms with Gasteiger partial charge in [-0.05, 0) is 35.9 Å². The predicted octanol–water partition coefficient (Wildman–Crippen LogP) is 4.12. The minimum Gasteiger partial charge on any atom is -0.312 e. The fraction of sp³-hybridized carbons (Fsp3) is 0.130. The summed E-state index contributed by atoms with van der Waals surface area (Å²) in [6.07, 6.45) is 2.02. The van der Waals surface area contributed by atoms with Crippen molar-refractivity contribution >= 4 is 29.1 Å². The summed E-state index contributed by atoms with van der Waals surface area (Å²) in [6.45, 7) is 0.587. The fourth-order valence-corrected chi connectivity index (χ4v) is 3.47. The second-order valence-electron chi connectivity index (χ2n) is 6.98. The zero-order valence-electron chi connectivity index (χ0n) is 16.1. The van der Waals surface area contributed by atoms with Crippen LogP contribution in [0.25, 0.3) is 0 Å². The molecule has 0 spiro atoms. The maximum Gasteiger partial charge on any atom is 0.324 e. The standard InChI is InChI=1S/C23H19N5O2/c24-14-16-6-8-19(9-7-16)26-23(30)27-21-13-20(10-11-25-21)28-15-18(12-22(28)29)17-4-2-1-3-5-17/h1-11,13,18H,12,15H2,(H2,25,26,27,30). The number of nitrogens with one attached hydrogen (secondary N) is 2. The van der Waals surface area contributed by atoms with E-state index in [2.05, 4.69) is 15.6 Å². The number of hydrogen-bond acceptors (Lipinski definition) is 4. The summed E-state index contributed by atoms with van der Waals surface area (Å²) < 4.78 is 0. The van der Waals surface area contributed by atoms with Crippen molar-refractivity contribution in [1.82, 2.24) is 4.98 Å². The number of nitrogens with zero attached hydrogens (tertiary/aromatic N) is 3. The van der Waals surface area contributed by atoms with Gasteiger partial charge in [-0.1, -0.05) is 30.3 Å². The average molecular weight is 397 g/mol. The molecule has 7 heteroatoms. The molecule has 2 aromatic carbocycles. The summed E-state index contributed by atoms with van der Waals surface area (Å²) in [5.41, 5.74) is 2.91. The van der Waals surface area contributed by atoms with Crippen molar-refractivity contribution in [2.45, 2.75) is 12.3 Å². The number of carbonyl (C=O) groups excluding carboxylic acids is 2. The van der Waals surface area contributed by atoms with E-state index in [0.29, 0.717) is 35.7 Å². The molecule has 0 radical (unpaired) electrons. The third kappa shape index (κ3) is 4.28. The van der Waals surface area contributed by atoms with E-state index in [4.69, 9.17) is 5.26 Å². The maximum atomic E-state index is 12.6. The second-order valence-corrected chi connectivity index (χ2v) is 6.98. The second kappa shape index (κ2) is 8.45. The summed E-state index contributed by atoms with van der Waals surface area (Å²) in [5.74, 6) is 0.528. The number of hydrogen-bond donors (Lipinski definition) is 2. The number of benzene rings is 2. The number of rotatable bonds is 4. The highest BCUT2D eigenvalue weighted by Gasteiger charge is 2.31. The van der Waals surface area contributed by atoms with E-state index in [9.17, 15) is 9.59 Å². The zero-order chi connectivity index (χ0) is 20.9. The van der Waals surface area contributed by atoms with Gasteiger partial charge in [0.05, 0.1) is 11.6 Å². The molecule has 3 aromatic rings. The largest absolute Gasteiger partial charge is 0.324 e. The summed E-state index contributed by atoms with van der Waals surface area (Å²) >= 11 is 0. The molecule has 2 heterocycles. The first-order chi connectivity index (χ1) is 14.6. The van der Waals surface area contributed by atoms with Gasteiger partial charge in [-0.25, -0.2) is 9.78 Å². The van der Waals surface area contributed by atoms with Gasteiger partial charge in [0, 0.05) is 42.5 Å². The Hall–Kier alpha value is -4.18. The number of nitriles is 1. The van der Waals surface area contributed by atoms with Crippen molar-refractivity contribution in [2.75, 3.05) is 22.1 Å². The first-order valence-electron chi connectivity index (χ1n) is 9.52. The zero-order valence-corrected chi connectivity index (χ0v) is 16.1. The van der Waals surface area contributed by atoms with Crippen molar-refractivity contribution in [3.05, 3.63) is 84.1 Å². The van der Waals surface area contributed by atoms with Crippen molar-refractivity contribution in [1.29, 1.82) is 5.26 Å². The molecule has 1 unspecified atom stereocenters. The Balaban J connectivity index is 1.43. The number of aromatic nitrogens is 1. The van der Waals surface area contributed by atoms with E-state index < -0.39 is 6.03 Å². The van der Waals surface area contributed by atoms with Crippen molar-refractivity contribution < 1.29 is 9.59 Å². The van der Waals surface area contributed by atoms with Gasteiger partial charge in [0.2, 0.25) is 5.91 Å². The molecule has 1 fully saturated rings. The van der Waals surface area contributed by atoms with Crippen LogP contribution in [0, 0.1) is 11.3 Å². The Morgan fingerprint density at radius 3 is 2.57 bits per heavy atom. The van der Waals surface area contributed by atoms with Gasteiger partial charge >= 0.3 is 6.03 Å². The van der Waals surface area contributed by atoms with Gasteiger partial charge in [-0.3, -0.25) is 10.1 Å². The van der Waals surface area contributed by atoms with Gasteiger partial charge in [-0.15, -0.1) is 0 Å². The van der Waals surface area contributed by atoms with E-state index in [1.807, 2.05) is 36.4 Å². The molecule has 0 aliphatic carbocycles. The van der Waals surface area contributed by atoms with Gasteiger partial charge in [0.15, 0.2) is 0 Å². The van der Waals surface area contributed by atoms with Crippen LogP contribution in [-0.2, 0) is 4.79 Å². The van der Waals surface area contributed by atoms with Crippen LogP contribution in [0.1, 0.15) is 23.5 Å². The van der Waals surface area contributed by atoms with Gasteiger partial charge in [0.25, 0.3) is 0 Å². The minimum atomic E-state index is -0.459. The quantitative estimate of drug-likeness (QED) is 0.692. The third-order valence-corrected chi connectivity index (χ3v) is 4.96. The van der Waals surface area contributed by atoms with Crippen LogP contribution >= 0.6 is 0 Å². The maximum absolute atomic E-state index is 12.6. The summed E-state index contributed by atoms with van der Waals surface area (Å²) in [4.78, 5) is 30.7. The molecule has 1 aliphatic heterocycles. The number of pyridine rings is 1. The van der Waals surface area contributed by atoms with Crippen molar-refractivity contribution in [2.24, 2.45) is 0 Å². The van der Waals surface area contributed by atoms with E-state index >= 15 is 0 Å². The molecular weight excluding hydrogens is 378 g/mol. The molecule has 7 nitrogen and oxygen atoms in total. The van der Waals surface area contributed by atoms with Crippen LogP contribution in [0.3, 0.4) is 0 Å². The molecule has 1 saturated heterocycles. The lowest BCUT2D eigenvalue weighted by atomic mass is 9.99. The van der Waals surface area contributed by atoms with Crippen LogP contribution in [0.4, 0.5) is 22.0 Å². The molecule has 0 saturated carbocycles. The molecular formula is C23H19N5O2. The number of amides is 3. The Morgan fingerprint density at radius 2 is 1.83 bits per heavy atom. The molecule has 1 aromatic heterocycles. The molecule has 4 rings (SSSR count). The van der Waals surface area contributed by atoms with Crippen molar-refractivity contribution in [3.63, 3.8) is 0 Å². The Labute approximate surface area is 174 Å². The highest BCUT2D eigenvalue weighted by Crippen LogP contribution is 2.32. The smallest absolute Gasteiger partial charge is 0.312 e. The van der Waals surface area contributed by atoms with Crippen LogP contribution in [-0.4, -0.2) is 23.5 Å². The molecule has 148 valence electrons. The summed E-state index contributed by atoms with van der Waals surface area (Å²) in [7, 11) is 0. The van der Waals surface area contributed by atoms with Gasteiger partial charge in [-0.2, -0.15) is 5.26 Å². The monoisotopic (exact) mass is 397 g/mol. The van der Waals surface area contributed by atoms with E-state index in [1.54, 1.807) is 47.5 Å². The fourth-order valence-electron chi connectivity index (χ4n) is 3.47. The minimum absolute atomic E-state index is 0.0445. The van der Waals surface area contributed by atoms with Crippen LogP contribution < -0.4 is 15.5 Å². The van der Waals surface area contributed by atoms with Gasteiger partial charge < -0.3 is 10.2 Å². The van der Waals surface area contributed by atoms with E-state index in [-0.39, 0.29) is 11.8 Å². The normalized spacial score (nSPS) is 15.5. The lowest BCUT2D eigenvalue weighted by Crippen LogP contribution is -2.25.